The van der Waals surface area contributed by atoms with Crippen molar-refractivity contribution in [3.8, 4) is 0 Å². The maximum absolute atomic E-state index is 2.62. The van der Waals surface area contributed by atoms with E-state index < -0.39 is 23.3 Å². The van der Waals surface area contributed by atoms with Crippen molar-refractivity contribution in [1.82, 2.24) is 0 Å². The molecular weight excluding hydrogens is 264 g/mol. The lowest BCUT2D eigenvalue weighted by molar-refractivity contribution is 1.30. The molecule has 0 aliphatic carbocycles. The van der Waals surface area contributed by atoms with Crippen LogP contribution in [0.4, 0.5) is 0 Å². The normalized spacial score (nSPS) is 13.7. The highest BCUT2D eigenvalue weighted by molar-refractivity contribution is 7.40. The lowest BCUT2D eigenvalue weighted by Gasteiger charge is -2.37. The first-order valence-corrected chi connectivity index (χ1v) is 18.0. The first kappa shape index (κ1) is 15.9. The molecule has 0 nitrogen and oxygen atoms in total. The first-order valence-electron chi connectivity index (χ1n) is 7.12. The Morgan fingerprint density at radius 2 is 1.22 bits per heavy atom. The van der Waals surface area contributed by atoms with E-state index in [0.717, 1.165) is 0 Å². The smallest absolute Gasteiger partial charge is 0.0715 e. The van der Waals surface area contributed by atoms with Gasteiger partial charge < -0.3 is 0 Å². The third kappa shape index (κ3) is 3.93. The number of rotatable bonds is 5. The van der Waals surface area contributed by atoms with Crippen molar-refractivity contribution in [2.75, 3.05) is 0 Å². The largest absolute Gasteiger partial charge is 0.0803 e. The van der Waals surface area contributed by atoms with Gasteiger partial charge in [-0.1, -0.05) is 93.4 Å². The fourth-order valence-corrected chi connectivity index (χ4v) is 12.5. The lowest BCUT2D eigenvalue weighted by atomic mass is 10.4. The van der Waals surface area contributed by atoms with Crippen LogP contribution in [0.15, 0.2) is 30.3 Å². The van der Waals surface area contributed by atoms with E-state index in [1.807, 2.05) is 0 Å². The second-order valence-electron chi connectivity index (χ2n) is 7.88. The molecule has 0 bridgehead atoms. The molecule has 0 saturated carbocycles. The molecule has 3 heteroatoms. The van der Waals surface area contributed by atoms with E-state index in [1.54, 1.807) is 5.19 Å². The van der Waals surface area contributed by atoms with E-state index in [-0.39, 0.29) is 0 Å². The molecule has 0 aromatic heterocycles. The minimum absolute atomic E-state index is 0.924. The highest BCUT2D eigenvalue weighted by atomic mass is 29.3. The zero-order valence-electron chi connectivity index (χ0n) is 13.3. The van der Waals surface area contributed by atoms with Crippen LogP contribution in [0.5, 0.6) is 0 Å². The van der Waals surface area contributed by atoms with E-state index in [0.29, 0.717) is 0 Å². The van der Waals surface area contributed by atoms with Gasteiger partial charge in [0.25, 0.3) is 0 Å². The van der Waals surface area contributed by atoms with Crippen molar-refractivity contribution in [3.05, 3.63) is 30.3 Å². The summed E-state index contributed by atoms with van der Waals surface area (Å²) in [5, 5.41) is 1.63. The van der Waals surface area contributed by atoms with Gasteiger partial charge in [-0.05, 0) is 0 Å². The van der Waals surface area contributed by atoms with Gasteiger partial charge in [0.2, 0.25) is 0 Å². The molecule has 0 N–H and O–H groups in total. The van der Waals surface area contributed by atoms with Crippen LogP contribution in [0.2, 0.25) is 57.9 Å². The third-order valence-corrected chi connectivity index (χ3v) is 27.3. The molecule has 0 atom stereocenters. The highest BCUT2D eigenvalue weighted by Crippen LogP contribution is 2.27. The standard InChI is InChI=1S/C15H30Si3/c1-16(2,3)18(6,7)14-13-17(4,5)15-11-9-8-10-12-15/h8-12H,13-14H2,1-7H3. The van der Waals surface area contributed by atoms with Gasteiger partial charge in [-0.2, -0.15) is 0 Å². The van der Waals surface area contributed by atoms with Crippen molar-refractivity contribution in [2.45, 2.75) is 57.9 Å². The van der Waals surface area contributed by atoms with Gasteiger partial charge in [-0.15, -0.1) is 0 Å². The van der Waals surface area contributed by atoms with Crippen molar-refractivity contribution in [2.24, 2.45) is 0 Å². The molecule has 0 amide bonds. The summed E-state index contributed by atoms with van der Waals surface area (Å²) >= 11 is 0. The Hall–Kier alpha value is -0.129. The maximum Gasteiger partial charge on any atom is 0.0803 e. The number of benzene rings is 1. The van der Waals surface area contributed by atoms with Gasteiger partial charge in [0.05, 0.1) is 8.07 Å². The van der Waals surface area contributed by atoms with Crippen LogP contribution in [-0.4, -0.2) is 23.3 Å². The highest BCUT2D eigenvalue weighted by Gasteiger charge is 2.38. The molecule has 102 valence electrons. The number of hydrogen-bond acceptors (Lipinski definition) is 0. The summed E-state index contributed by atoms with van der Waals surface area (Å²) in [6.07, 6.45) is 0. The van der Waals surface area contributed by atoms with Crippen LogP contribution >= 0.6 is 0 Å². The third-order valence-electron chi connectivity index (χ3n) is 4.96. The van der Waals surface area contributed by atoms with Crippen molar-refractivity contribution < 1.29 is 0 Å². The summed E-state index contributed by atoms with van der Waals surface area (Å²) in [7, 11) is -3.11. The zero-order valence-corrected chi connectivity index (χ0v) is 16.3. The van der Waals surface area contributed by atoms with Crippen LogP contribution in [0, 0.1) is 0 Å². The van der Waals surface area contributed by atoms with Crippen LogP contribution < -0.4 is 5.19 Å². The fraction of sp³-hybridized carbons (Fsp3) is 0.600. The molecule has 18 heavy (non-hydrogen) atoms. The topological polar surface area (TPSA) is 0 Å². The van der Waals surface area contributed by atoms with Crippen molar-refractivity contribution in [1.29, 1.82) is 0 Å². The predicted molar refractivity (Wildman–Crippen MR) is 94.0 cm³/mol. The van der Waals surface area contributed by atoms with Gasteiger partial charge in [0, 0.05) is 15.2 Å². The Balaban J connectivity index is 2.74. The molecule has 1 rings (SSSR count). The molecular formula is C15H30Si3. The molecule has 0 fully saturated rings. The molecule has 0 heterocycles. The monoisotopic (exact) mass is 294 g/mol. The Morgan fingerprint density at radius 3 is 1.67 bits per heavy atom. The second-order valence-corrected chi connectivity index (χ2v) is 30.1. The Bertz CT molecular complexity index is 374. The fourth-order valence-electron chi connectivity index (χ4n) is 2.03. The average Bonchev–Trinajstić information content (AvgIpc) is 2.26. The summed E-state index contributed by atoms with van der Waals surface area (Å²) in [6.45, 7) is 18.0. The van der Waals surface area contributed by atoms with Gasteiger partial charge in [0.1, 0.15) is 0 Å². The molecule has 0 unspecified atom stereocenters. The van der Waals surface area contributed by atoms with Gasteiger partial charge in [-0.3, -0.25) is 0 Å². The van der Waals surface area contributed by atoms with Crippen LogP contribution in [0.25, 0.3) is 0 Å². The molecule has 0 saturated heterocycles. The van der Waals surface area contributed by atoms with Gasteiger partial charge in [-0.25, -0.2) is 0 Å². The van der Waals surface area contributed by atoms with Crippen LogP contribution in [0.3, 0.4) is 0 Å². The molecule has 1 aromatic rings. The summed E-state index contributed by atoms with van der Waals surface area (Å²) < 4.78 is 0. The minimum Gasteiger partial charge on any atom is -0.0715 e. The zero-order chi connectivity index (χ0) is 14.0. The van der Waals surface area contributed by atoms with E-state index in [9.17, 15) is 0 Å². The van der Waals surface area contributed by atoms with E-state index in [1.165, 1.54) is 12.1 Å². The average molecular weight is 295 g/mol. The predicted octanol–water partition coefficient (Wildman–Crippen LogP) is 4.73. The first-order chi connectivity index (χ1) is 8.06. The second kappa shape index (κ2) is 5.47. The molecule has 0 aliphatic rings. The summed E-state index contributed by atoms with van der Waals surface area (Å²) in [5.74, 6) is 0. The number of hydrogen-bond donors (Lipinski definition) is 0. The van der Waals surface area contributed by atoms with Crippen molar-refractivity contribution in [3.63, 3.8) is 0 Å². The molecule has 0 aliphatic heterocycles. The van der Waals surface area contributed by atoms with Crippen LogP contribution in [-0.2, 0) is 0 Å². The molecule has 0 spiro atoms. The summed E-state index contributed by atoms with van der Waals surface area (Å²) in [4.78, 5) is 0. The Morgan fingerprint density at radius 1 is 0.722 bits per heavy atom. The van der Waals surface area contributed by atoms with E-state index in [2.05, 4.69) is 76.2 Å². The quantitative estimate of drug-likeness (QED) is 0.689. The summed E-state index contributed by atoms with van der Waals surface area (Å²) in [5.41, 5.74) is 0. The van der Waals surface area contributed by atoms with E-state index in [4.69, 9.17) is 0 Å². The van der Waals surface area contributed by atoms with E-state index >= 15 is 0 Å². The van der Waals surface area contributed by atoms with Gasteiger partial charge in [0.15, 0.2) is 0 Å². The molecule has 0 radical (unpaired) electrons. The Labute approximate surface area is 117 Å². The SMILES string of the molecule is C[Si](C)(CC[Si](C)(C)[Si](C)(C)C)c1ccccc1. The summed E-state index contributed by atoms with van der Waals surface area (Å²) in [6, 6.07) is 14.2. The minimum atomic E-state index is -1.21. The van der Waals surface area contributed by atoms with Crippen LogP contribution in [0.1, 0.15) is 0 Å². The van der Waals surface area contributed by atoms with Crippen molar-refractivity contribution >= 4 is 28.4 Å². The molecule has 1 aromatic carbocycles. The van der Waals surface area contributed by atoms with Gasteiger partial charge >= 0.3 is 0 Å². The lowest BCUT2D eigenvalue weighted by Crippen LogP contribution is -2.54. The Kier molecular flexibility index (Phi) is 4.84. The maximum atomic E-state index is 2.62.